The van der Waals surface area contributed by atoms with Crippen LogP contribution in [0.5, 0.6) is 0 Å². The maximum absolute atomic E-state index is 11.3. The van der Waals surface area contributed by atoms with E-state index < -0.39 is 0 Å². The summed E-state index contributed by atoms with van der Waals surface area (Å²) in [5.41, 5.74) is 0.556. The molecule has 0 aliphatic carbocycles. The molecule has 1 amide bonds. The topological polar surface area (TPSA) is 42.0 Å². The van der Waals surface area contributed by atoms with Crippen molar-refractivity contribution in [1.29, 1.82) is 0 Å². The van der Waals surface area contributed by atoms with Crippen LogP contribution in [-0.2, 0) is 0 Å². The van der Waals surface area contributed by atoms with Crippen molar-refractivity contribution in [3.8, 4) is 0 Å². The van der Waals surface area contributed by atoms with Crippen LogP contribution in [-0.4, -0.2) is 23.2 Å². The largest absolute Gasteiger partial charge is 0.350 e. The molecule has 3 nitrogen and oxygen atoms in total. The first-order chi connectivity index (χ1) is 5.88. The second-order valence-electron chi connectivity index (χ2n) is 2.45. The number of carbonyl (C=O) groups is 1. The van der Waals surface area contributed by atoms with Gasteiger partial charge >= 0.3 is 0 Å². The van der Waals surface area contributed by atoms with E-state index in [0.717, 1.165) is 17.2 Å². The van der Waals surface area contributed by atoms with Crippen molar-refractivity contribution in [3.63, 3.8) is 0 Å². The van der Waals surface area contributed by atoms with E-state index in [1.807, 2.05) is 12.1 Å². The molecule has 0 radical (unpaired) electrons. The number of nitrogens with one attached hydrogen (secondary N) is 1. The summed E-state index contributed by atoms with van der Waals surface area (Å²) < 4.78 is 0. The van der Waals surface area contributed by atoms with Gasteiger partial charge in [-0.2, -0.15) is 0 Å². The van der Waals surface area contributed by atoms with Gasteiger partial charge in [-0.1, -0.05) is 0 Å². The zero-order valence-corrected chi connectivity index (χ0v) is 7.23. The van der Waals surface area contributed by atoms with Crippen LogP contribution in [0, 0.1) is 0 Å². The zero-order valence-electron chi connectivity index (χ0n) is 6.41. The molecule has 1 aliphatic heterocycles. The van der Waals surface area contributed by atoms with Crippen LogP contribution >= 0.6 is 11.8 Å². The minimum Gasteiger partial charge on any atom is -0.350 e. The molecule has 0 fully saturated rings. The van der Waals surface area contributed by atoms with E-state index in [4.69, 9.17) is 0 Å². The lowest BCUT2D eigenvalue weighted by Crippen LogP contribution is -2.24. The number of hydrogen-bond acceptors (Lipinski definition) is 3. The fourth-order valence-corrected chi connectivity index (χ4v) is 1.97. The molecule has 2 rings (SSSR count). The molecule has 0 saturated heterocycles. The van der Waals surface area contributed by atoms with Gasteiger partial charge in [0.05, 0.1) is 0 Å². The third-order valence-corrected chi connectivity index (χ3v) is 2.68. The van der Waals surface area contributed by atoms with Crippen LogP contribution < -0.4 is 5.32 Å². The first kappa shape index (κ1) is 7.61. The van der Waals surface area contributed by atoms with Gasteiger partial charge in [0.25, 0.3) is 5.91 Å². The van der Waals surface area contributed by atoms with Crippen molar-refractivity contribution in [1.82, 2.24) is 10.3 Å². The average molecular weight is 180 g/mol. The number of amides is 1. The maximum Gasteiger partial charge on any atom is 0.271 e. The van der Waals surface area contributed by atoms with E-state index >= 15 is 0 Å². The fraction of sp³-hybridized carbons (Fsp3) is 0.250. The lowest BCUT2D eigenvalue weighted by Gasteiger charge is -1.99. The molecule has 4 heteroatoms. The van der Waals surface area contributed by atoms with Gasteiger partial charge in [-0.05, 0) is 12.1 Å². The third kappa shape index (κ3) is 1.30. The maximum atomic E-state index is 11.3. The molecule has 0 atom stereocenters. The van der Waals surface area contributed by atoms with E-state index in [9.17, 15) is 4.79 Å². The molecule has 1 N–H and O–H groups in total. The van der Waals surface area contributed by atoms with E-state index in [-0.39, 0.29) is 5.91 Å². The molecule has 62 valence electrons. The van der Waals surface area contributed by atoms with Gasteiger partial charge in [0.2, 0.25) is 0 Å². The molecule has 1 aromatic heterocycles. The Bertz CT molecular complexity index is 314. The fourth-order valence-electron chi connectivity index (χ4n) is 1.09. The average Bonchev–Trinajstić information content (AvgIpc) is 2.29. The predicted molar refractivity (Wildman–Crippen MR) is 47.3 cm³/mol. The molecule has 2 heterocycles. The molecular weight excluding hydrogens is 172 g/mol. The Morgan fingerprint density at radius 1 is 1.58 bits per heavy atom. The van der Waals surface area contributed by atoms with Crippen LogP contribution in [0.1, 0.15) is 10.5 Å². The highest BCUT2D eigenvalue weighted by Crippen LogP contribution is 2.21. The number of fused-ring (bicyclic) bond motifs is 1. The van der Waals surface area contributed by atoms with Crippen LogP contribution in [0.3, 0.4) is 0 Å². The van der Waals surface area contributed by atoms with Crippen molar-refractivity contribution in [2.24, 2.45) is 0 Å². The Kier molecular flexibility index (Phi) is 1.99. The van der Waals surface area contributed by atoms with Gasteiger partial charge in [0.1, 0.15) is 5.69 Å². The first-order valence-electron chi connectivity index (χ1n) is 3.74. The van der Waals surface area contributed by atoms with Gasteiger partial charge in [-0.15, -0.1) is 11.8 Å². The standard InChI is InChI=1S/C8H8N2OS/c11-8-7-6(2-1-3-9-7)12-5-4-10-8/h1-3H,4-5H2,(H,10,11). The summed E-state index contributed by atoms with van der Waals surface area (Å²) in [6, 6.07) is 3.78. The second-order valence-corrected chi connectivity index (χ2v) is 3.59. The molecule has 0 saturated carbocycles. The van der Waals surface area contributed by atoms with E-state index in [0.29, 0.717) is 5.69 Å². The number of hydrogen-bond donors (Lipinski definition) is 1. The number of thioether (sulfide) groups is 1. The van der Waals surface area contributed by atoms with Gasteiger partial charge < -0.3 is 5.32 Å². The number of rotatable bonds is 0. The van der Waals surface area contributed by atoms with E-state index in [2.05, 4.69) is 10.3 Å². The molecule has 1 aromatic rings. The molecule has 1 aliphatic rings. The highest BCUT2D eigenvalue weighted by molar-refractivity contribution is 7.99. The zero-order chi connectivity index (χ0) is 8.39. The molecule has 0 aromatic carbocycles. The molecule has 0 spiro atoms. The smallest absolute Gasteiger partial charge is 0.271 e. The molecular formula is C8H8N2OS. The minimum atomic E-state index is -0.0596. The Morgan fingerprint density at radius 3 is 3.42 bits per heavy atom. The lowest BCUT2D eigenvalue weighted by molar-refractivity contribution is 0.0949. The molecule has 0 bridgehead atoms. The van der Waals surface area contributed by atoms with Gasteiger partial charge in [-0.3, -0.25) is 4.79 Å². The minimum absolute atomic E-state index is 0.0596. The second kappa shape index (κ2) is 3.15. The Morgan fingerprint density at radius 2 is 2.50 bits per heavy atom. The summed E-state index contributed by atoms with van der Waals surface area (Å²) in [6.07, 6.45) is 1.64. The summed E-state index contributed by atoms with van der Waals surface area (Å²) in [4.78, 5) is 16.3. The monoisotopic (exact) mass is 180 g/mol. The SMILES string of the molecule is O=C1NCCSc2cccnc21. The highest BCUT2D eigenvalue weighted by atomic mass is 32.2. The summed E-state index contributed by atoms with van der Waals surface area (Å²) in [6.45, 7) is 0.722. The van der Waals surface area contributed by atoms with Crippen molar-refractivity contribution >= 4 is 17.7 Å². The lowest BCUT2D eigenvalue weighted by atomic mass is 10.3. The summed E-state index contributed by atoms with van der Waals surface area (Å²) >= 11 is 1.67. The van der Waals surface area contributed by atoms with Crippen molar-refractivity contribution in [3.05, 3.63) is 24.0 Å². The Labute approximate surface area is 74.6 Å². The number of pyridine rings is 1. The van der Waals surface area contributed by atoms with Crippen LogP contribution in [0.4, 0.5) is 0 Å². The van der Waals surface area contributed by atoms with Crippen LogP contribution in [0.25, 0.3) is 0 Å². The quantitative estimate of drug-likeness (QED) is 0.645. The van der Waals surface area contributed by atoms with E-state index in [1.165, 1.54) is 0 Å². The Balaban J connectivity index is 2.46. The summed E-state index contributed by atoms with van der Waals surface area (Å²) in [7, 11) is 0. The number of nitrogens with zero attached hydrogens (tertiary/aromatic N) is 1. The molecule has 0 unspecified atom stereocenters. The number of aromatic nitrogens is 1. The molecule has 12 heavy (non-hydrogen) atoms. The van der Waals surface area contributed by atoms with Crippen molar-refractivity contribution in [2.75, 3.05) is 12.3 Å². The van der Waals surface area contributed by atoms with Crippen LogP contribution in [0.2, 0.25) is 0 Å². The summed E-state index contributed by atoms with van der Waals surface area (Å²) in [5, 5.41) is 2.78. The third-order valence-electron chi connectivity index (χ3n) is 1.63. The van der Waals surface area contributed by atoms with Gasteiger partial charge in [0.15, 0.2) is 0 Å². The van der Waals surface area contributed by atoms with Gasteiger partial charge in [0, 0.05) is 23.4 Å². The van der Waals surface area contributed by atoms with Gasteiger partial charge in [-0.25, -0.2) is 4.98 Å². The Hall–Kier alpha value is -1.03. The predicted octanol–water partition coefficient (Wildman–Crippen LogP) is 0.917. The van der Waals surface area contributed by atoms with E-state index in [1.54, 1.807) is 18.0 Å². The van der Waals surface area contributed by atoms with Crippen LogP contribution in [0.15, 0.2) is 23.2 Å². The van der Waals surface area contributed by atoms with Crippen molar-refractivity contribution in [2.45, 2.75) is 4.90 Å². The number of carbonyl (C=O) groups excluding carboxylic acids is 1. The highest BCUT2D eigenvalue weighted by Gasteiger charge is 2.15. The summed E-state index contributed by atoms with van der Waals surface area (Å²) in [5.74, 6) is 0.861. The normalized spacial score (nSPS) is 16.2. The van der Waals surface area contributed by atoms with Crippen molar-refractivity contribution < 1.29 is 4.79 Å². The first-order valence-corrected chi connectivity index (χ1v) is 4.72.